The van der Waals surface area contributed by atoms with Crippen LogP contribution in [-0.2, 0) is 5.41 Å². The third-order valence-electron chi connectivity index (χ3n) is 2.71. The van der Waals surface area contributed by atoms with Crippen molar-refractivity contribution in [2.24, 2.45) is 5.92 Å². The molecule has 1 saturated heterocycles. The number of aromatic nitrogens is 2. The van der Waals surface area contributed by atoms with Crippen LogP contribution in [0.15, 0.2) is 4.52 Å². The summed E-state index contributed by atoms with van der Waals surface area (Å²) in [6.07, 6.45) is 0.814. The highest BCUT2D eigenvalue weighted by molar-refractivity contribution is 5.25. The molecule has 0 aromatic carbocycles. The maximum absolute atomic E-state index is 7.68. The summed E-state index contributed by atoms with van der Waals surface area (Å²) >= 11 is 0. The number of fused-ring (bicyclic) bond motifs is 1. The predicted molar refractivity (Wildman–Crippen MR) is 41.7 cm³/mol. The molecule has 1 aromatic rings. The number of piperidine rings is 1. The standard InChI is InChI=1S/C8H11N3O/c1-5-10-7(12-11-5)8-2-6(8)3-9-4-8/h6,9H,2-4H2,1H3/t6-,8-/m0/s1/i3D2. The maximum atomic E-state index is 7.68. The molecule has 2 fully saturated rings. The van der Waals surface area contributed by atoms with Gasteiger partial charge in [0.1, 0.15) is 0 Å². The van der Waals surface area contributed by atoms with Gasteiger partial charge in [-0.1, -0.05) is 5.16 Å². The molecule has 0 amide bonds. The van der Waals surface area contributed by atoms with Crippen LogP contribution in [0.2, 0.25) is 0 Å². The van der Waals surface area contributed by atoms with Gasteiger partial charge >= 0.3 is 0 Å². The monoisotopic (exact) mass is 167 g/mol. The van der Waals surface area contributed by atoms with Crippen LogP contribution in [-0.4, -0.2) is 23.2 Å². The molecule has 12 heavy (non-hydrogen) atoms. The topological polar surface area (TPSA) is 51.0 Å². The molecule has 1 aliphatic heterocycles. The van der Waals surface area contributed by atoms with Crippen molar-refractivity contribution in [3.63, 3.8) is 0 Å². The number of nitrogens with one attached hydrogen (secondary N) is 1. The number of nitrogens with zero attached hydrogens (tertiary/aromatic N) is 2. The first kappa shape index (κ1) is 4.97. The molecule has 1 saturated carbocycles. The van der Waals surface area contributed by atoms with Gasteiger partial charge in [0.2, 0.25) is 5.89 Å². The minimum absolute atomic E-state index is 0.00477. The van der Waals surface area contributed by atoms with E-state index in [-0.39, 0.29) is 11.3 Å². The van der Waals surface area contributed by atoms with Crippen LogP contribution in [0, 0.1) is 12.8 Å². The maximum Gasteiger partial charge on any atom is 0.234 e. The Morgan fingerprint density at radius 1 is 1.83 bits per heavy atom. The van der Waals surface area contributed by atoms with Crippen LogP contribution < -0.4 is 5.32 Å². The smallest absolute Gasteiger partial charge is 0.234 e. The zero-order valence-corrected chi connectivity index (χ0v) is 6.79. The minimum Gasteiger partial charge on any atom is -0.339 e. The van der Waals surface area contributed by atoms with Gasteiger partial charge in [0.15, 0.2) is 5.82 Å². The van der Waals surface area contributed by atoms with Crippen LogP contribution in [0.5, 0.6) is 0 Å². The summed E-state index contributed by atoms with van der Waals surface area (Å²) in [7, 11) is 0. The van der Waals surface area contributed by atoms with E-state index < -0.39 is 6.50 Å². The molecule has 1 aromatic heterocycles. The summed E-state index contributed by atoms with van der Waals surface area (Å²) in [5.41, 5.74) is -0.217. The largest absolute Gasteiger partial charge is 0.339 e. The number of aryl methyl sites for hydroxylation is 1. The summed E-state index contributed by atoms with van der Waals surface area (Å²) < 4.78 is 20.5. The second-order valence-corrected chi connectivity index (χ2v) is 3.56. The van der Waals surface area contributed by atoms with Crippen LogP contribution >= 0.6 is 0 Å². The van der Waals surface area contributed by atoms with E-state index in [9.17, 15) is 0 Å². The molecular formula is C8H11N3O. The van der Waals surface area contributed by atoms with Gasteiger partial charge in [0.05, 0.1) is 5.41 Å². The molecular weight excluding hydrogens is 154 g/mol. The van der Waals surface area contributed by atoms with Crippen LogP contribution in [0.4, 0.5) is 0 Å². The van der Waals surface area contributed by atoms with Crippen LogP contribution in [0.25, 0.3) is 0 Å². The molecule has 4 nitrogen and oxygen atoms in total. The summed E-state index contributed by atoms with van der Waals surface area (Å²) in [6, 6.07) is 0. The number of rotatable bonds is 1. The van der Waals surface area contributed by atoms with E-state index in [1.54, 1.807) is 6.92 Å². The van der Waals surface area contributed by atoms with Gasteiger partial charge in [-0.3, -0.25) is 0 Å². The van der Waals surface area contributed by atoms with Crippen molar-refractivity contribution in [3.05, 3.63) is 11.7 Å². The Balaban J connectivity index is 1.96. The van der Waals surface area contributed by atoms with Crippen molar-refractivity contribution in [2.45, 2.75) is 18.8 Å². The molecule has 0 spiro atoms. The number of hydrogen-bond donors (Lipinski definition) is 1. The molecule has 1 aliphatic carbocycles. The molecule has 2 heterocycles. The molecule has 2 atom stereocenters. The second-order valence-electron chi connectivity index (χ2n) is 3.56. The van der Waals surface area contributed by atoms with Crippen molar-refractivity contribution in [1.29, 1.82) is 0 Å². The Kier molecular flexibility index (Phi) is 0.777. The van der Waals surface area contributed by atoms with Crippen molar-refractivity contribution in [3.8, 4) is 0 Å². The Morgan fingerprint density at radius 3 is 3.25 bits per heavy atom. The van der Waals surface area contributed by atoms with E-state index in [1.165, 1.54) is 0 Å². The van der Waals surface area contributed by atoms with Gasteiger partial charge in [-0.05, 0) is 25.8 Å². The molecule has 0 unspecified atom stereocenters. The van der Waals surface area contributed by atoms with Gasteiger partial charge in [-0.15, -0.1) is 0 Å². The van der Waals surface area contributed by atoms with E-state index in [0.717, 1.165) is 6.42 Å². The highest BCUT2D eigenvalue weighted by atomic mass is 16.5. The van der Waals surface area contributed by atoms with Gasteiger partial charge in [-0.2, -0.15) is 4.98 Å². The highest BCUT2D eigenvalue weighted by Crippen LogP contribution is 2.55. The molecule has 0 radical (unpaired) electrons. The number of hydrogen-bond acceptors (Lipinski definition) is 4. The van der Waals surface area contributed by atoms with Crippen molar-refractivity contribution in [1.82, 2.24) is 15.5 Å². The second kappa shape index (κ2) is 1.88. The third kappa shape index (κ3) is 0.659. The van der Waals surface area contributed by atoms with Gasteiger partial charge < -0.3 is 9.84 Å². The van der Waals surface area contributed by atoms with Crippen molar-refractivity contribution < 1.29 is 7.26 Å². The fourth-order valence-electron chi connectivity index (χ4n) is 1.83. The summed E-state index contributed by atoms with van der Waals surface area (Å²) in [5, 5.41) is 6.59. The lowest BCUT2D eigenvalue weighted by Crippen LogP contribution is -2.19. The summed E-state index contributed by atoms with van der Waals surface area (Å²) in [4.78, 5) is 4.19. The first-order valence-electron chi connectivity index (χ1n) is 5.10. The molecule has 64 valence electrons. The van der Waals surface area contributed by atoms with E-state index >= 15 is 0 Å². The Bertz CT molecular complexity index is 392. The fourth-order valence-corrected chi connectivity index (χ4v) is 1.83. The Hall–Kier alpha value is -0.900. The highest BCUT2D eigenvalue weighted by Gasteiger charge is 2.62. The lowest BCUT2D eigenvalue weighted by Gasteiger charge is -2.02. The molecule has 2 aliphatic rings. The molecule has 0 bridgehead atoms. The minimum atomic E-state index is -1.28. The molecule has 4 heteroatoms. The van der Waals surface area contributed by atoms with E-state index in [1.807, 2.05) is 0 Å². The zero-order valence-electron chi connectivity index (χ0n) is 8.79. The van der Waals surface area contributed by atoms with E-state index in [0.29, 0.717) is 18.3 Å². The van der Waals surface area contributed by atoms with Gasteiger partial charge in [0, 0.05) is 9.29 Å². The van der Waals surface area contributed by atoms with Gasteiger partial charge in [0.25, 0.3) is 0 Å². The predicted octanol–water partition coefficient (Wildman–Crippen LogP) is 0.239. The van der Waals surface area contributed by atoms with E-state index in [4.69, 9.17) is 7.26 Å². The summed E-state index contributed by atoms with van der Waals surface area (Å²) in [6.45, 7) is 1.10. The normalized spacial score (nSPS) is 44.9. The fraction of sp³-hybridized carbons (Fsp3) is 0.750. The van der Waals surface area contributed by atoms with Crippen LogP contribution in [0.3, 0.4) is 0 Å². The average molecular weight is 167 g/mol. The molecule has 1 N–H and O–H groups in total. The van der Waals surface area contributed by atoms with Crippen molar-refractivity contribution in [2.75, 3.05) is 13.0 Å². The first-order valence-corrected chi connectivity index (χ1v) is 4.10. The average Bonchev–Trinajstić information content (AvgIpc) is 2.64. The van der Waals surface area contributed by atoms with Crippen LogP contribution in [0.1, 0.15) is 20.9 Å². The van der Waals surface area contributed by atoms with Gasteiger partial charge in [-0.25, -0.2) is 0 Å². The molecule has 3 rings (SSSR count). The summed E-state index contributed by atoms with van der Waals surface area (Å²) in [5.74, 6) is 1.20. The Morgan fingerprint density at radius 2 is 2.75 bits per heavy atom. The quantitative estimate of drug-likeness (QED) is 0.651. The zero-order chi connectivity index (χ0) is 9.97. The lowest BCUT2D eigenvalue weighted by atomic mass is 10.1. The SMILES string of the molecule is [2H]C1([2H])NC[C@@]2(c3nc(C)no3)C[C@@H]12. The first-order chi connectivity index (χ1) is 6.55. The lowest BCUT2D eigenvalue weighted by molar-refractivity contribution is 0.343. The Labute approximate surface area is 73.2 Å². The third-order valence-corrected chi connectivity index (χ3v) is 2.71. The van der Waals surface area contributed by atoms with E-state index in [2.05, 4.69) is 15.5 Å². The van der Waals surface area contributed by atoms with Crippen molar-refractivity contribution >= 4 is 0 Å².